The summed E-state index contributed by atoms with van der Waals surface area (Å²) in [5, 5.41) is 13.1. The molecule has 5 heteroatoms. The summed E-state index contributed by atoms with van der Waals surface area (Å²) in [7, 11) is 0. The third-order valence-corrected chi connectivity index (χ3v) is 3.41. The molecular weight excluding hydrogens is 312 g/mol. The number of hydrogen-bond acceptors (Lipinski definition) is 5. The molecule has 25 heavy (non-hydrogen) atoms. The van der Waals surface area contributed by atoms with Crippen molar-refractivity contribution in [1.29, 1.82) is 0 Å². The molecule has 2 atom stereocenters. The zero-order valence-corrected chi connectivity index (χ0v) is 16.5. The number of rotatable bonds is 3. The number of anilines is 1. The number of pyridine rings is 1. The Hall–Kier alpha value is -2.01. The average molecular weight is 347 g/mol. The Morgan fingerprint density at radius 1 is 0.920 bits per heavy atom. The lowest BCUT2D eigenvalue weighted by molar-refractivity contribution is 0.171. The van der Waals surface area contributed by atoms with Gasteiger partial charge in [0.25, 0.3) is 0 Å². The lowest BCUT2D eigenvalue weighted by Gasteiger charge is -2.17. The van der Waals surface area contributed by atoms with Gasteiger partial charge >= 0.3 is 0 Å². The summed E-state index contributed by atoms with van der Waals surface area (Å²) in [6.07, 6.45) is 7.79. The second kappa shape index (κ2) is 14.3. The summed E-state index contributed by atoms with van der Waals surface area (Å²) >= 11 is 0. The summed E-state index contributed by atoms with van der Waals surface area (Å²) in [6.45, 7) is 12.0. The highest BCUT2D eigenvalue weighted by Crippen LogP contribution is 2.23. The molecule has 5 nitrogen and oxygen atoms in total. The third kappa shape index (κ3) is 7.61. The van der Waals surface area contributed by atoms with Crippen LogP contribution < -0.4 is 5.32 Å². The molecule has 3 rings (SSSR count). The van der Waals surface area contributed by atoms with E-state index in [1.165, 1.54) is 0 Å². The fourth-order valence-electron chi connectivity index (χ4n) is 2.38. The Kier molecular flexibility index (Phi) is 13.2. The second-order valence-corrected chi connectivity index (χ2v) is 4.75. The van der Waals surface area contributed by atoms with Crippen LogP contribution in [0, 0.1) is 0 Å². The molecular formula is C20H34N4O. The van der Waals surface area contributed by atoms with E-state index in [1.807, 2.05) is 59.7 Å². The van der Waals surface area contributed by atoms with Gasteiger partial charge in [-0.2, -0.15) is 0 Å². The van der Waals surface area contributed by atoms with Gasteiger partial charge in [0.1, 0.15) is 5.82 Å². The fourth-order valence-corrected chi connectivity index (χ4v) is 2.38. The van der Waals surface area contributed by atoms with E-state index in [2.05, 4.69) is 20.3 Å². The monoisotopic (exact) mass is 346 g/mol. The van der Waals surface area contributed by atoms with Crippen LogP contribution in [0.25, 0.3) is 11.4 Å². The Labute approximate surface area is 153 Å². The SMILES string of the molecule is CC.CC.CC.O[C@@H]1CCC[C@@H]1Nc1ccnc(-c2ccncc2)n1. The molecule has 0 bridgehead atoms. The molecule has 0 aromatic carbocycles. The summed E-state index contributed by atoms with van der Waals surface area (Å²) in [6, 6.07) is 5.68. The summed E-state index contributed by atoms with van der Waals surface area (Å²) in [5.74, 6) is 1.42. The van der Waals surface area contributed by atoms with Crippen LogP contribution in [-0.4, -0.2) is 32.2 Å². The number of aliphatic hydroxyl groups is 1. The smallest absolute Gasteiger partial charge is 0.161 e. The van der Waals surface area contributed by atoms with Crippen LogP contribution in [0.4, 0.5) is 5.82 Å². The molecule has 140 valence electrons. The van der Waals surface area contributed by atoms with Crippen LogP contribution in [-0.2, 0) is 0 Å². The van der Waals surface area contributed by atoms with Crippen molar-refractivity contribution < 1.29 is 5.11 Å². The fraction of sp³-hybridized carbons (Fsp3) is 0.550. The van der Waals surface area contributed by atoms with Crippen LogP contribution >= 0.6 is 0 Å². The number of aromatic nitrogens is 3. The summed E-state index contributed by atoms with van der Waals surface area (Å²) < 4.78 is 0. The first-order valence-electron chi connectivity index (χ1n) is 9.51. The van der Waals surface area contributed by atoms with E-state index in [4.69, 9.17) is 0 Å². The molecule has 0 radical (unpaired) electrons. The first-order chi connectivity index (χ1) is 12.3. The zero-order valence-electron chi connectivity index (χ0n) is 16.5. The number of hydrogen-bond donors (Lipinski definition) is 2. The lowest BCUT2D eigenvalue weighted by Crippen LogP contribution is -2.28. The van der Waals surface area contributed by atoms with Crippen LogP contribution in [0.5, 0.6) is 0 Å². The molecule has 0 spiro atoms. The Balaban J connectivity index is 0.000000871. The molecule has 0 amide bonds. The van der Waals surface area contributed by atoms with Crippen molar-refractivity contribution >= 4 is 5.82 Å². The van der Waals surface area contributed by atoms with Gasteiger partial charge in [0.15, 0.2) is 5.82 Å². The van der Waals surface area contributed by atoms with Crippen LogP contribution in [0.2, 0.25) is 0 Å². The van der Waals surface area contributed by atoms with Crippen molar-refractivity contribution in [2.45, 2.75) is 73.0 Å². The maximum atomic E-state index is 9.82. The van der Waals surface area contributed by atoms with E-state index in [9.17, 15) is 5.11 Å². The summed E-state index contributed by atoms with van der Waals surface area (Å²) in [4.78, 5) is 12.7. The number of aliphatic hydroxyl groups excluding tert-OH is 1. The van der Waals surface area contributed by atoms with E-state index < -0.39 is 0 Å². The average Bonchev–Trinajstić information content (AvgIpc) is 3.12. The van der Waals surface area contributed by atoms with Crippen LogP contribution in [0.15, 0.2) is 36.8 Å². The molecule has 1 aliphatic carbocycles. The van der Waals surface area contributed by atoms with Gasteiger partial charge in [-0.3, -0.25) is 4.98 Å². The van der Waals surface area contributed by atoms with Gasteiger partial charge in [0, 0.05) is 24.2 Å². The van der Waals surface area contributed by atoms with Crippen molar-refractivity contribution in [3.8, 4) is 11.4 Å². The first kappa shape index (κ1) is 23.0. The van der Waals surface area contributed by atoms with Crippen LogP contribution in [0.1, 0.15) is 60.8 Å². The highest BCUT2D eigenvalue weighted by molar-refractivity contribution is 5.55. The van der Waals surface area contributed by atoms with Crippen LogP contribution in [0.3, 0.4) is 0 Å². The van der Waals surface area contributed by atoms with E-state index in [0.717, 1.165) is 30.6 Å². The maximum Gasteiger partial charge on any atom is 0.161 e. The molecule has 0 saturated heterocycles. The van der Waals surface area contributed by atoms with E-state index in [1.54, 1.807) is 18.6 Å². The quantitative estimate of drug-likeness (QED) is 0.823. The molecule has 1 saturated carbocycles. The Morgan fingerprint density at radius 2 is 1.56 bits per heavy atom. The zero-order chi connectivity index (χ0) is 19.1. The van der Waals surface area contributed by atoms with Crippen molar-refractivity contribution in [2.24, 2.45) is 0 Å². The molecule has 2 N–H and O–H groups in total. The Morgan fingerprint density at radius 3 is 2.12 bits per heavy atom. The predicted octanol–water partition coefficient (Wildman–Crippen LogP) is 4.94. The van der Waals surface area contributed by atoms with E-state index in [0.29, 0.717) is 5.82 Å². The largest absolute Gasteiger partial charge is 0.391 e. The van der Waals surface area contributed by atoms with Crippen molar-refractivity contribution in [3.63, 3.8) is 0 Å². The second-order valence-electron chi connectivity index (χ2n) is 4.75. The van der Waals surface area contributed by atoms with Gasteiger partial charge in [0.2, 0.25) is 0 Å². The van der Waals surface area contributed by atoms with Crippen molar-refractivity contribution in [2.75, 3.05) is 5.32 Å². The number of nitrogens with zero attached hydrogens (tertiary/aromatic N) is 3. The Bertz CT molecular complexity index is 548. The minimum absolute atomic E-state index is 0.0974. The lowest BCUT2D eigenvalue weighted by atomic mass is 10.2. The molecule has 0 unspecified atom stereocenters. The molecule has 0 aliphatic heterocycles. The highest BCUT2D eigenvalue weighted by Gasteiger charge is 2.25. The minimum Gasteiger partial charge on any atom is -0.391 e. The maximum absolute atomic E-state index is 9.82. The van der Waals surface area contributed by atoms with Gasteiger partial charge in [-0.25, -0.2) is 9.97 Å². The predicted molar refractivity (Wildman–Crippen MR) is 107 cm³/mol. The van der Waals surface area contributed by atoms with E-state index in [-0.39, 0.29) is 12.1 Å². The first-order valence-corrected chi connectivity index (χ1v) is 9.51. The molecule has 1 fully saturated rings. The third-order valence-electron chi connectivity index (χ3n) is 3.41. The molecule has 2 aromatic rings. The van der Waals surface area contributed by atoms with Gasteiger partial charge in [-0.1, -0.05) is 41.5 Å². The molecule has 1 aliphatic rings. The van der Waals surface area contributed by atoms with Gasteiger partial charge in [-0.05, 0) is 37.5 Å². The minimum atomic E-state index is -0.278. The highest BCUT2D eigenvalue weighted by atomic mass is 16.3. The van der Waals surface area contributed by atoms with Gasteiger partial charge < -0.3 is 10.4 Å². The van der Waals surface area contributed by atoms with Gasteiger partial charge in [-0.15, -0.1) is 0 Å². The normalized spacial score (nSPS) is 17.7. The number of nitrogens with one attached hydrogen (secondary N) is 1. The molecule has 2 heterocycles. The van der Waals surface area contributed by atoms with Crippen molar-refractivity contribution in [1.82, 2.24) is 15.0 Å². The van der Waals surface area contributed by atoms with E-state index >= 15 is 0 Å². The van der Waals surface area contributed by atoms with Gasteiger partial charge in [0.05, 0.1) is 12.1 Å². The topological polar surface area (TPSA) is 70.9 Å². The standard InChI is InChI=1S/C14H16N4O.3C2H6/c19-12-3-1-2-11(12)17-13-6-9-16-14(18-13)10-4-7-15-8-5-10;3*1-2/h4-9,11-12,19H,1-3H2,(H,16,17,18);3*1-2H3/t11-,12+;;;/m0.../s1. The molecule has 2 aromatic heterocycles. The van der Waals surface area contributed by atoms with Crippen molar-refractivity contribution in [3.05, 3.63) is 36.8 Å². The summed E-state index contributed by atoms with van der Waals surface area (Å²) in [5.41, 5.74) is 0.936.